The number of nitrogens with one attached hydrogen (secondary N) is 2. The van der Waals surface area contributed by atoms with Gasteiger partial charge in [-0.25, -0.2) is 9.78 Å². The lowest BCUT2D eigenvalue weighted by Crippen LogP contribution is -2.46. The zero-order valence-electron chi connectivity index (χ0n) is 16.0. The van der Waals surface area contributed by atoms with Crippen molar-refractivity contribution in [2.45, 2.75) is 52.7 Å². The standard InChI is InChI=1S/C20H27N3O3/c1-13(2)12-16(22-19(25)26-20(3,4)5)18(24)23-17-11-10-14-8-6-7-9-15(14)21-17/h6-11,13,16H,12H2,1-5H3,(H,22,25)(H,21,23,24)/t16-/m0/s1. The maximum atomic E-state index is 12.7. The van der Waals surface area contributed by atoms with E-state index in [0.717, 1.165) is 10.9 Å². The van der Waals surface area contributed by atoms with Gasteiger partial charge in [-0.3, -0.25) is 4.79 Å². The van der Waals surface area contributed by atoms with Crippen molar-refractivity contribution < 1.29 is 14.3 Å². The summed E-state index contributed by atoms with van der Waals surface area (Å²) in [5.74, 6) is 0.367. The predicted octanol–water partition coefficient (Wildman–Crippen LogP) is 4.11. The number of ether oxygens (including phenoxy) is 1. The summed E-state index contributed by atoms with van der Waals surface area (Å²) in [7, 11) is 0. The van der Waals surface area contributed by atoms with Gasteiger partial charge < -0.3 is 15.4 Å². The van der Waals surface area contributed by atoms with Gasteiger partial charge >= 0.3 is 6.09 Å². The number of amides is 2. The SMILES string of the molecule is CC(C)C[C@H](NC(=O)OC(C)(C)C)C(=O)Nc1ccc2ccccc2n1. The first-order valence-corrected chi connectivity index (χ1v) is 8.80. The van der Waals surface area contributed by atoms with Gasteiger partial charge in [-0.2, -0.15) is 0 Å². The smallest absolute Gasteiger partial charge is 0.408 e. The van der Waals surface area contributed by atoms with Crippen LogP contribution in [0.25, 0.3) is 10.9 Å². The largest absolute Gasteiger partial charge is 0.444 e. The molecule has 1 aromatic heterocycles. The highest BCUT2D eigenvalue weighted by Crippen LogP contribution is 2.16. The molecular weight excluding hydrogens is 330 g/mol. The van der Waals surface area contributed by atoms with Crippen molar-refractivity contribution in [1.82, 2.24) is 10.3 Å². The molecular formula is C20H27N3O3. The fourth-order valence-electron chi connectivity index (χ4n) is 2.50. The van der Waals surface area contributed by atoms with Crippen LogP contribution in [0.1, 0.15) is 41.0 Å². The minimum absolute atomic E-state index is 0.227. The number of fused-ring (bicyclic) bond motifs is 1. The van der Waals surface area contributed by atoms with E-state index in [4.69, 9.17) is 4.74 Å². The molecule has 1 atom stereocenters. The molecule has 0 radical (unpaired) electrons. The molecule has 2 aromatic rings. The van der Waals surface area contributed by atoms with Crippen LogP contribution in [0.5, 0.6) is 0 Å². The molecule has 2 amide bonds. The Labute approximate surface area is 154 Å². The number of anilines is 1. The second kappa shape index (κ2) is 8.17. The quantitative estimate of drug-likeness (QED) is 0.844. The van der Waals surface area contributed by atoms with Crippen LogP contribution in [0.4, 0.5) is 10.6 Å². The Morgan fingerprint density at radius 3 is 2.46 bits per heavy atom. The van der Waals surface area contributed by atoms with Gasteiger partial charge in [0.15, 0.2) is 0 Å². The molecule has 0 saturated heterocycles. The van der Waals surface area contributed by atoms with Crippen molar-refractivity contribution in [1.29, 1.82) is 0 Å². The fourth-order valence-corrected chi connectivity index (χ4v) is 2.50. The topological polar surface area (TPSA) is 80.3 Å². The number of carbonyl (C=O) groups excluding carboxylic acids is 2. The van der Waals surface area contributed by atoms with E-state index in [1.165, 1.54) is 0 Å². The van der Waals surface area contributed by atoms with E-state index in [2.05, 4.69) is 15.6 Å². The normalized spacial score (nSPS) is 12.7. The van der Waals surface area contributed by atoms with Crippen LogP contribution in [0, 0.1) is 5.92 Å². The Kier molecular flexibility index (Phi) is 6.18. The number of rotatable bonds is 5. The molecule has 0 aliphatic rings. The minimum atomic E-state index is -0.696. The Hall–Kier alpha value is -2.63. The third-order valence-electron chi connectivity index (χ3n) is 3.56. The molecule has 0 aliphatic heterocycles. The van der Waals surface area contributed by atoms with Gasteiger partial charge in [-0.05, 0) is 51.3 Å². The summed E-state index contributed by atoms with van der Waals surface area (Å²) in [4.78, 5) is 29.2. The fraction of sp³-hybridized carbons (Fsp3) is 0.450. The number of pyridine rings is 1. The second-order valence-electron chi connectivity index (χ2n) is 7.71. The Morgan fingerprint density at radius 2 is 1.81 bits per heavy atom. The van der Waals surface area contributed by atoms with Gasteiger partial charge in [0.1, 0.15) is 17.5 Å². The summed E-state index contributed by atoms with van der Waals surface area (Å²) >= 11 is 0. The number of hydrogen-bond acceptors (Lipinski definition) is 4. The van der Waals surface area contributed by atoms with Gasteiger partial charge in [-0.1, -0.05) is 32.0 Å². The van der Waals surface area contributed by atoms with E-state index in [1.807, 2.05) is 44.2 Å². The first-order valence-electron chi connectivity index (χ1n) is 8.80. The van der Waals surface area contributed by atoms with Gasteiger partial charge in [0.05, 0.1) is 5.52 Å². The Morgan fingerprint density at radius 1 is 1.12 bits per heavy atom. The van der Waals surface area contributed by atoms with Crippen molar-refractivity contribution in [3.8, 4) is 0 Å². The van der Waals surface area contributed by atoms with Gasteiger partial charge in [-0.15, -0.1) is 0 Å². The molecule has 6 heteroatoms. The lowest BCUT2D eigenvalue weighted by molar-refractivity contribution is -0.118. The van der Waals surface area contributed by atoms with Gasteiger partial charge in [0.2, 0.25) is 5.91 Å². The van der Waals surface area contributed by atoms with Crippen molar-refractivity contribution in [2.24, 2.45) is 5.92 Å². The molecule has 2 rings (SSSR count). The van der Waals surface area contributed by atoms with Gasteiger partial charge in [0.25, 0.3) is 0 Å². The summed E-state index contributed by atoms with van der Waals surface area (Å²) in [5.41, 5.74) is 0.175. The first-order chi connectivity index (χ1) is 12.1. The molecule has 0 fully saturated rings. The van der Waals surface area contributed by atoms with Crippen LogP contribution < -0.4 is 10.6 Å². The van der Waals surface area contributed by atoms with E-state index in [-0.39, 0.29) is 11.8 Å². The van der Waals surface area contributed by atoms with Crippen LogP contribution in [0.15, 0.2) is 36.4 Å². The second-order valence-corrected chi connectivity index (χ2v) is 7.71. The molecule has 0 spiro atoms. The summed E-state index contributed by atoms with van der Waals surface area (Å²) in [6.07, 6.45) is -0.108. The van der Waals surface area contributed by atoms with Crippen LogP contribution in [0.3, 0.4) is 0 Å². The number of benzene rings is 1. The Bertz CT molecular complexity index is 781. The number of alkyl carbamates (subject to hydrolysis) is 1. The zero-order valence-corrected chi connectivity index (χ0v) is 16.0. The average molecular weight is 357 g/mol. The average Bonchev–Trinajstić information content (AvgIpc) is 2.52. The molecule has 6 nitrogen and oxygen atoms in total. The molecule has 0 aliphatic carbocycles. The monoisotopic (exact) mass is 357 g/mol. The molecule has 1 aromatic carbocycles. The van der Waals surface area contributed by atoms with Crippen LogP contribution >= 0.6 is 0 Å². The van der Waals surface area contributed by atoms with Crippen LogP contribution in [0.2, 0.25) is 0 Å². The number of carbonyl (C=O) groups is 2. The molecule has 0 bridgehead atoms. The van der Waals surface area contributed by atoms with E-state index in [1.54, 1.807) is 26.8 Å². The molecule has 0 unspecified atom stereocenters. The third-order valence-corrected chi connectivity index (χ3v) is 3.56. The van der Waals surface area contributed by atoms with Crippen LogP contribution in [-0.4, -0.2) is 28.6 Å². The van der Waals surface area contributed by atoms with Crippen molar-refractivity contribution in [3.05, 3.63) is 36.4 Å². The maximum Gasteiger partial charge on any atom is 0.408 e. The minimum Gasteiger partial charge on any atom is -0.444 e. The van der Waals surface area contributed by atoms with Gasteiger partial charge in [0, 0.05) is 5.39 Å². The van der Waals surface area contributed by atoms with E-state index in [0.29, 0.717) is 12.2 Å². The summed E-state index contributed by atoms with van der Waals surface area (Å²) < 4.78 is 5.26. The molecule has 1 heterocycles. The number of para-hydroxylation sites is 1. The Balaban J connectivity index is 2.10. The molecule has 140 valence electrons. The van der Waals surface area contributed by atoms with E-state index in [9.17, 15) is 9.59 Å². The highest BCUT2D eigenvalue weighted by molar-refractivity contribution is 5.96. The van der Waals surface area contributed by atoms with Crippen LogP contribution in [-0.2, 0) is 9.53 Å². The zero-order chi connectivity index (χ0) is 19.3. The third kappa shape index (κ3) is 6.02. The molecule has 0 saturated carbocycles. The van der Waals surface area contributed by atoms with Crippen molar-refractivity contribution in [3.63, 3.8) is 0 Å². The van der Waals surface area contributed by atoms with E-state index < -0.39 is 17.7 Å². The highest BCUT2D eigenvalue weighted by Gasteiger charge is 2.25. The lowest BCUT2D eigenvalue weighted by Gasteiger charge is -2.24. The van der Waals surface area contributed by atoms with Crippen molar-refractivity contribution >= 4 is 28.7 Å². The molecule has 2 N–H and O–H groups in total. The van der Waals surface area contributed by atoms with Crippen molar-refractivity contribution in [2.75, 3.05) is 5.32 Å². The van der Waals surface area contributed by atoms with E-state index >= 15 is 0 Å². The first kappa shape index (κ1) is 19.7. The summed E-state index contributed by atoms with van der Waals surface area (Å²) in [5, 5.41) is 6.44. The predicted molar refractivity (Wildman–Crippen MR) is 103 cm³/mol. The highest BCUT2D eigenvalue weighted by atomic mass is 16.6. The summed E-state index contributed by atoms with van der Waals surface area (Å²) in [6, 6.07) is 10.6. The maximum absolute atomic E-state index is 12.7. The summed E-state index contributed by atoms with van der Waals surface area (Å²) in [6.45, 7) is 9.33. The number of nitrogens with zero attached hydrogens (tertiary/aromatic N) is 1. The number of hydrogen-bond donors (Lipinski definition) is 2. The lowest BCUT2D eigenvalue weighted by atomic mass is 10.0. The number of aromatic nitrogens is 1. The molecule has 26 heavy (non-hydrogen) atoms.